The first kappa shape index (κ1) is 15.2. The van der Waals surface area contributed by atoms with Crippen molar-refractivity contribution >= 4 is 22.7 Å². The highest BCUT2D eigenvalue weighted by Gasteiger charge is 2.15. The summed E-state index contributed by atoms with van der Waals surface area (Å²) in [5.41, 5.74) is 2.51. The maximum absolute atomic E-state index is 5.42. The monoisotopic (exact) mass is 330 g/mol. The molecular weight excluding hydrogens is 312 g/mol. The summed E-state index contributed by atoms with van der Waals surface area (Å²) in [6.07, 6.45) is 2.82. The van der Waals surface area contributed by atoms with Crippen molar-refractivity contribution in [2.75, 3.05) is 7.11 Å². The van der Waals surface area contributed by atoms with Gasteiger partial charge in [0.1, 0.15) is 10.8 Å². The number of nitrogens with one attached hydrogen (secondary N) is 1. The summed E-state index contributed by atoms with van der Waals surface area (Å²) < 4.78 is 5.42. The number of thiazole rings is 1. The Morgan fingerprint density at radius 1 is 1.23 bits per heavy atom. The Hall–Kier alpha value is -1.69. The van der Waals surface area contributed by atoms with Gasteiger partial charge in [0.05, 0.1) is 13.2 Å². The van der Waals surface area contributed by atoms with Gasteiger partial charge in [-0.25, -0.2) is 4.98 Å². The van der Waals surface area contributed by atoms with Crippen LogP contribution in [0.4, 0.5) is 0 Å². The molecule has 0 saturated carbocycles. The lowest BCUT2D eigenvalue weighted by atomic mass is 10.1. The van der Waals surface area contributed by atoms with Crippen LogP contribution in [0.3, 0.4) is 0 Å². The van der Waals surface area contributed by atoms with Gasteiger partial charge in [-0.05, 0) is 34.9 Å². The zero-order valence-electron chi connectivity index (χ0n) is 12.4. The molecule has 1 atom stereocenters. The van der Waals surface area contributed by atoms with E-state index in [0.29, 0.717) is 0 Å². The van der Waals surface area contributed by atoms with Crippen LogP contribution in [0.15, 0.2) is 52.7 Å². The molecule has 3 rings (SSSR count). The van der Waals surface area contributed by atoms with Crippen LogP contribution in [0.1, 0.15) is 22.2 Å². The second kappa shape index (κ2) is 7.54. The molecule has 3 nitrogen and oxygen atoms in total. The fraction of sp³-hybridized carbons (Fsp3) is 0.235. The van der Waals surface area contributed by atoms with Gasteiger partial charge < -0.3 is 10.1 Å². The molecule has 0 aliphatic carbocycles. The van der Waals surface area contributed by atoms with Gasteiger partial charge in [0, 0.05) is 23.7 Å². The third kappa shape index (κ3) is 3.74. The van der Waals surface area contributed by atoms with E-state index >= 15 is 0 Å². The van der Waals surface area contributed by atoms with E-state index in [1.807, 2.05) is 29.8 Å². The minimum atomic E-state index is 0.222. The average molecular weight is 330 g/mol. The largest absolute Gasteiger partial charge is 0.496 e. The Morgan fingerprint density at radius 3 is 2.86 bits per heavy atom. The second-order valence-electron chi connectivity index (χ2n) is 4.95. The van der Waals surface area contributed by atoms with Crippen molar-refractivity contribution < 1.29 is 4.74 Å². The number of nitrogens with zero attached hydrogens (tertiary/aromatic N) is 1. The Balaban J connectivity index is 1.73. The van der Waals surface area contributed by atoms with E-state index in [1.54, 1.807) is 29.8 Å². The van der Waals surface area contributed by atoms with E-state index in [0.717, 1.165) is 29.3 Å². The molecule has 0 aliphatic heterocycles. The summed E-state index contributed by atoms with van der Waals surface area (Å²) in [5, 5.41) is 11.1. The summed E-state index contributed by atoms with van der Waals surface area (Å²) in [6, 6.07) is 10.5. The standard InChI is InChI=1S/C17H18N2OS2/c1-20-16-5-3-2-4-14(16)11-19-15(17-18-7-9-22-17)10-13-6-8-21-12-13/h2-9,12,15,19H,10-11H2,1H3. The molecule has 0 amide bonds. The van der Waals surface area contributed by atoms with Crippen molar-refractivity contribution in [3.05, 3.63) is 68.8 Å². The number of methoxy groups -OCH3 is 1. The fourth-order valence-corrected chi connectivity index (χ4v) is 3.78. The van der Waals surface area contributed by atoms with Gasteiger partial charge >= 0.3 is 0 Å². The minimum absolute atomic E-state index is 0.222. The summed E-state index contributed by atoms with van der Waals surface area (Å²) in [5.74, 6) is 0.920. The van der Waals surface area contributed by atoms with Crippen LogP contribution >= 0.6 is 22.7 Å². The first-order valence-corrected chi connectivity index (χ1v) is 8.95. The van der Waals surface area contributed by atoms with Crippen molar-refractivity contribution in [3.8, 4) is 5.75 Å². The highest BCUT2D eigenvalue weighted by Crippen LogP contribution is 2.24. The number of benzene rings is 1. The number of para-hydroxylation sites is 1. The van der Waals surface area contributed by atoms with Gasteiger partial charge in [-0.1, -0.05) is 18.2 Å². The first-order chi connectivity index (χ1) is 10.9. The smallest absolute Gasteiger partial charge is 0.123 e. The molecule has 2 heterocycles. The fourth-order valence-electron chi connectivity index (χ4n) is 2.38. The van der Waals surface area contributed by atoms with Gasteiger partial charge in [0.25, 0.3) is 0 Å². The molecule has 2 aromatic heterocycles. The van der Waals surface area contributed by atoms with Gasteiger partial charge in [-0.2, -0.15) is 11.3 Å². The lowest BCUT2D eigenvalue weighted by Gasteiger charge is -2.17. The van der Waals surface area contributed by atoms with Crippen molar-refractivity contribution in [1.29, 1.82) is 0 Å². The van der Waals surface area contributed by atoms with Gasteiger partial charge in [-0.15, -0.1) is 11.3 Å². The van der Waals surface area contributed by atoms with Crippen LogP contribution < -0.4 is 10.1 Å². The molecule has 0 radical (unpaired) electrons. The van der Waals surface area contributed by atoms with Crippen LogP contribution in [0.5, 0.6) is 5.75 Å². The molecule has 1 N–H and O–H groups in total. The molecule has 1 aromatic carbocycles. The summed E-state index contributed by atoms with van der Waals surface area (Å²) in [4.78, 5) is 4.48. The molecule has 0 spiro atoms. The van der Waals surface area contributed by atoms with Crippen molar-refractivity contribution in [2.24, 2.45) is 0 Å². The third-order valence-corrected chi connectivity index (χ3v) is 5.12. The topological polar surface area (TPSA) is 34.1 Å². The van der Waals surface area contributed by atoms with Crippen LogP contribution in [0, 0.1) is 0 Å². The van der Waals surface area contributed by atoms with E-state index in [4.69, 9.17) is 4.74 Å². The molecule has 0 bridgehead atoms. The lowest BCUT2D eigenvalue weighted by Crippen LogP contribution is -2.23. The molecule has 3 aromatic rings. The quantitative estimate of drug-likeness (QED) is 0.702. The molecule has 0 saturated heterocycles. The zero-order valence-corrected chi connectivity index (χ0v) is 14.0. The van der Waals surface area contributed by atoms with Crippen LogP contribution in [-0.4, -0.2) is 12.1 Å². The van der Waals surface area contributed by atoms with Crippen molar-refractivity contribution in [2.45, 2.75) is 19.0 Å². The molecule has 1 unspecified atom stereocenters. The lowest BCUT2D eigenvalue weighted by molar-refractivity contribution is 0.405. The predicted molar refractivity (Wildman–Crippen MR) is 92.7 cm³/mol. The average Bonchev–Trinajstić information content (AvgIpc) is 3.25. The van der Waals surface area contributed by atoms with Gasteiger partial charge in [0.15, 0.2) is 0 Å². The van der Waals surface area contributed by atoms with Gasteiger partial charge in [0.2, 0.25) is 0 Å². The maximum atomic E-state index is 5.42. The normalized spacial score (nSPS) is 12.2. The predicted octanol–water partition coefficient (Wildman–Crippen LogP) is 4.29. The number of hydrogen-bond acceptors (Lipinski definition) is 5. The van der Waals surface area contributed by atoms with E-state index in [9.17, 15) is 0 Å². The van der Waals surface area contributed by atoms with Crippen LogP contribution in [0.2, 0.25) is 0 Å². The van der Waals surface area contributed by atoms with Crippen LogP contribution in [0.25, 0.3) is 0 Å². The number of rotatable bonds is 7. The molecule has 5 heteroatoms. The molecular formula is C17H18N2OS2. The maximum Gasteiger partial charge on any atom is 0.123 e. The van der Waals surface area contributed by atoms with Gasteiger partial charge in [-0.3, -0.25) is 0 Å². The Morgan fingerprint density at radius 2 is 2.14 bits per heavy atom. The molecule has 0 fully saturated rings. The Labute approximate surface area is 138 Å². The molecule has 22 heavy (non-hydrogen) atoms. The van der Waals surface area contributed by atoms with E-state index in [1.165, 1.54) is 5.56 Å². The molecule has 114 valence electrons. The summed E-state index contributed by atoms with van der Waals surface area (Å²) in [6.45, 7) is 0.762. The number of ether oxygens (including phenoxy) is 1. The highest BCUT2D eigenvalue weighted by atomic mass is 32.1. The Bertz CT molecular complexity index is 681. The second-order valence-corrected chi connectivity index (χ2v) is 6.66. The zero-order chi connectivity index (χ0) is 15.2. The summed E-state index contributed by atoms with van der Waals surface area (Å²) in [7, 11) is 1.71. The number of aromatic nitrogens is 1. The third-order valence-electron chi connectivity index (χ3n) is 3.50. The van der Waals surface area contributed by atoms with Crippen molar-refractivity contribution in [3.63, 3.8) is 0 Å². The number of hydrogen-bond donors (Lipinski definition) is 1. The highest BCUT2D eigenvalue weighted by molar-refractivity contribution is 7.09. The minimum Gasteiger partial charge on any atom is -0.496 e. The van der Waals surface area contributed by atoms with E-state index in [2.05, 4.69) is 33.2 Å². The van der Waals surface area contributed by atoms with E-state index < -0.39 is 0 Å². The van der Waals surface area contributed by atoms with Crippen LogP contribution in [-0.2, 0) is 13.0 Å². The summed E-state index contributed by atoms with van der Waals surface area (Å²) >= 11 is 3.43. The molecule has 0 aliphatic rings. The van der Waals surface area contributed by atoms with Crippen molar-refractivity contribution in [1.82, 2.24) is 10.3 Å². The van der Waals surface area contributed by atoms with E-state index in [-0.39, 0.29) is 6.04 Å². The number of thiophene rings is 1. The Kier molecular flexibility index (Phi) is 5.21. The SMILES string of the molecule is COc1ccccc1CNC(Cc1ccsc1)c1nccs1. The first-order valence-electron chi connectivity index (χ1n) is 7.12.